The highest BCUT2D eigenvalue weighted by molar-refractivity contribution is 5.70. The topological polar surface area (TPSA) is 49.3 Å². The number of fused-ring (bicyclic) bond motifs is 2. The van der Waals surface area contributed by atoms with Gasteiger partial charge >= 0.3 is 5.97 Å². The van der Waals surface area contributed by atoms with Gasteiger partial charge in [-0.2, -0.15) is 0 Å². The van der Waals surface area contributed by atoms with Crippen molar-refractivity contribution >= 4 is 5.97 Å². The molecule has 0 radical (unpaired) electrons. The average molecular weight is 205 g/mol. The highest BCUT2D eigenvalue weighted by Crippen LogP contribution is 2.46. The van der Waals surface area contributed by atoms with E-state index in [4.69, 9.17) is 5.11 Å². The van der Waals surface area contributed by atoms with Crippen molar-refractivity contribution in [1.82, 2.24) is 5.32 Å². The van der Waals surface area contributed by atoms with Crippen LogP contribution >= 0.6 is 0 Å². The zero-order chi connectivity index (χ0) is 10.3. The Hall–Kier alpha value is -0.710. The van der Waals surface area contributed by atoms with Crippen LogP contribution in [0, 0.1) is 17.8 Å². The van der Waals surface area contributed by atoms with Crippen LogP contribution in [0.15, 0.2) is 0 Å². The van der Waals surface area contributed by atoms with E-state index in [9.17, 15) is 13.6 Å². The fourth-order valence-electron chi connectivity index (χ4n) is 2.50. The highest BCUT2D eigenvalue weighted by Gasteiger charge is 2.54. The number of rotatable bonds is 1. The SMILES string of the molecule is O=C(O)C1C[C@H]2CNC[C@@H](C1)C2(F)F. The Balaban J connectivity index is 2.16. The minimum absolute atomic E-state index is 0.103. The van der Waals surface area contributed by atoms with E-state index in [1.165, 1.54) is 0 Å². The largest absolute Gasteiger partial charge is 0.481 e. The summed E-state index contributed by atoms with van der Waals surface area (Å²) in [5, 5.41) is 11.7. The molecule has 1 aliphatic carbocycles. The molecule has 0 aromatic heterocycles. The van der Waals surface area contributed by atoms with Gasteiger partial charge in [0.25, 0.3) is 5.92 Å². The van der Waals surface area contributed by atoms with Crippen LogP contribution in [0.2, 0.25) is 0 Å². The molecule has 80 valence electrons. The molecule has 2 bridgehead atoms. The fourth-order valence-corrected chi connectivity index (χ4v) is 2.50. The number of carboxylic acids is 1. The minimum atomic E-state index is -2.67. The molecule has 0 amide bonds. The molecule has 1 heterocycles. The summed E-state index contributed by atoms with van der Waals surface area (Å²) in [6.45, 7) is 0.487. The summed E-state index contributed by atoms with van der Waals surface area (Å²) in [4.78, 5) is 10.7. The van der Waals surface area contributed by atoms with Crippen LogP contribution in [0.4, 0.5) is 8.78 Å². The van der Waals surface area contributed by atoms with Gasteiger partial charge in [-0.05, 0) is 12.8 Å². The maximum atomic E-state index is 13.5. The summed E-state index contributed by atoms with van der Waals surface area (Å²) < 4.78 is 27.0. The van der Waals surface area contributed by atoms with Crippen molar-refractivity contribution in [2.75, 3.05) is 13.1 Å². The predicted octanol–water partition coefficient (Wildman–Crippen LogP) is 0.952. The molecule has 14 heavy (non-hydrogen) atoms. The van der Waals surface area contributed by atoms with Crippen molar-refractivity contribution in [3.8, 4) is 0 Å². The third-order valence-electron chi connectivity index (χ3n) is 3.36. The first-order chi connectivity index (χ1) is 6.51. The third-order valence-corrected chi connectivity index (χ3v) is 3.36. The third kappa shape index (κ3) is 1.39. The van der Waals surface area contributed by atoms with Gasteiger partial charge in [-0.15, -0.1) is 0 Å². The lowest BCUT2D eigenvalue weighted by atomic mass is 9.70. The number of alkyl halides is 2. The molecule has 0 spiro atoms. The molecule has 0 aromatic carbocycles. The molecule has 2 fully saturated rings. The molecule has 0 aromatic rings. The van der Waals surface area contributed by atoms with Crippen molar-refractivity contribution in [3.63, 3.8) is 0 Å². The highest BCUT2D eigenvalue weighted by atomic mass is 19.3. The van der Waals surface area contributed by atoms with Crippen LogP contribution < -0.4 is 5.32 Å². The van der Waals surface area contributed by atoms with Gasteiger partial charge in [0.2, 0.25) is 0 Å². The van der Waals surface area contributed by atoms with Gasteiger partial charge in [-0.25, -0.2) is 8.78 Å². The first-order valence-corrected chi connectivity index (χ1v) is 4.83. The maximum Gasteiger partial charge on any atom is 0.306 e. The fraction of sp³-hybridized carbons (Fsp3) is 0.889. The second-order valence-corrected chi connectivity index (χ2v) is 4.23. The zero-order valence-corrected chi connectivity index (χ0v) is 7.67. The first-order valence-electron chi connectivity index (χ1n) is 4.83. The van der Waals surface area contributed by atoms with E-state index >= 15 is 0 Å². The van der Waals surface area contributed by atoms with Gasteiger partial charge < -0.3 is 10.4 Å². The predicted molar refractivity (Wildman–Crippen MR) is 45.2 cm³/mol. The van der Waals surface area contributed by atoms with Crippen molar-refractivity contribution in [2.24, 2.45) is 17.8 Å². The number of halogens is 2. The van der Waals surface area contributed by atoms with Crippen LogP contribution in [-0.2, 0) is 4.79 Å². The van der Waals surface area contributed by atoms with Crippen molar-refractivity contribution in [1.29, 1.82) is 0 Å². The Bertz CT molecular complexity index is 241. The smallest absolute Gasteiger partial charge is 0.306 e. The minimum Gasteiger partial charge on any atom is -0.481 e. The van der Waals surface area contributed by atoms with E-state index in [0.717, 1.165) is 0 Å². The molecule has 2 aliphatic rings. The van der Waals surface area contributed by atoms with Gasteiger partial charge in [0, 0.05) is 24.9 Å². The van der Waals surface area contributed by atoms with Crippen LogP contribution in [0.5, 0.6) is 0 Å². The van der Waals surface area contributed by atoms with Gasteiger partial charge in [-0.1, -0.05) is 0 Å². The van der Waals surface area contributed by atoms with Crippen LogP contribution in [0.25, 0.3) is 0 Å². The number of nitrogens with one attached hydrogen (secondary N) is 1. The van der Waals surface area contributed by atoms with E-state index < -0.39 is 29.6 Å². The Morgan fingerprint density at radius 2 is 1.79 bits per heavy atom. The monoisotopic (exact) mass is 205 g/mol. The molecule has 3 nitrogen and oxygen atoms in total. The second-order valence-electron chi connectivity index (χ2n) is 4.23. The molecular weight excluding hydrogens is 192 g/mol. The van der Waals surface area contributed by atoms with Crippen molar-refractivity contribution in [3.05, 3.63) is 0 Å². The maximum absolute atomic E-state index is 13.5. The normalized spacial score (nSPS) is 40.6. The van der Waals surface area contributed by atoms with E-state index in [0.29, 0.717) is 0 Å². The van der Waals surface area contributed by atoms with Gasteiger partial charge in [-0.3, -0.25) is 4.79 Å². The quantitative estimate of drug-likeness (QED) is 0.670. The molecule has 5 heteroatoms. The van der Waals surface area contributed by atoms with E-state index in [1.807, 2.05) is 0 Å². The molecule has 1 saturated carbocycles. The summed E-state index contributed by atoms with van der Waals surface area (Å²) in [6.07, 6.45) is 0.206. The summed E-state index contributed by atoms with van der Waals surface area (Å²) in [7, 11) is 0. The van der Waals surface area contributed by atoms with Gasteiger partial charge in [0.15, 0.2) is 0 Å². The summed E-state index contributed by atoms with van der Waals surface area (Å²) in [6, 6.07) is 0. The number of carboxylic acid groups (broad SMARTS) is 1. The second kappa shape index (κ2) is 3.15. The van der Waals surface area contributed by atoms with E-state index in [-0.39, 0.29) is 25.9 Å². The summed E-state index contributed by atoms with van der Waals surface area (Å²) in [5.74, 6) is -5.77. The standard InChI is InChI=1S/C9H13F2NO2/c10-9(11)6-1-5(8(13)14)2-7(9)4-12-3-6/h5-7,12H,1-4H2,(H,13,14)/t5?,6-,7+. The molecule has 1 aliphatic heterocycles. The molecule has 1 unspecified atom stereocenters. The Morgan fingerprint density at radius 3 is 2.21 bits per heavy atom. The number of hydrogen-bond donors (Lipinski definition) is 2. The van der Waals surface area contributed by atoms with E-state index in [1.54, 1.807) is 0 Å². The zero-order valence-electron chi connectivity index (χ0n) is 7.67. The van der Waals surface area contributed by atoms with Crippen molar-refractivity contribution < 1.29 is 18.7 Å². The number of aliphatic carboxylic acids is 1. The first kappa shape index (κ1) is 9.83. The van der Waals surface area contributed by atoms with Crippen LogP contribution in [0.1, 0.15) is 12.8 Å². The summed E-state index contributed by atoms with van der Waals surface area (Å²) >= 11 is 0. The number of piperidine rings is 1. The lowest BCUT2D eigenvalue weighted by Crippen LogP contribution is -2.56. The van der Waals surface area contributed by atoms with E-state index in [2.05, 4.69) is 5.32 Å². The lowest BCUT2D eigenvalue weighted by molar-refractivity contribution is -0.171. The molecule has 1 saturated heterocycles. The summed E-state index contributed by atoms with van der Waals surface area (Å²) in [5.41, 5.74) is 0. The molecule has 2 N–H and O–H groups in total. The van der Waals surface area contributed by atoms with Gasteiger partial charge in [0.05, 0.1) is 5.92 Å². The van der Waals surface area contributed by atoms with Gasteiger partial charge in [0.1, 0.15) is 0 Å². The average Bonchev–Trinajstić information content (AvgIpc) is 2.00. The Labute approximate surface area is 80.5 Å². The lowest BCUT2D eigenvalue weighted by Gasteiger charge is -2.44. The molecule has 2 rings (SSSR count). The number of hydrogen-bond acceptors (Lipinski definition) is 2. The van der Waals surface area contributed by atoms with Crippen LogP contribution in [0.3, 0.4) is 0 Å². The number of carbonyl (C=O) groups is 1. The van der Waals surface area contributed by atoms with Crippen LogP contribution in [-0.4, -0.2) is 30.1 Å². The molecular formula is C9H13F2NO2. The Kier molecular flexibility index (Phi) is 2.21. The van der Waals surface area contributed by atoms with Crippen molar-refractivity contribution in [2.45, 2.75) is 18.8 Å². The Morgan fingerprint density at radius 1 is 1.29 bits per heavy atom. The molecule has 3 atom stereocenters.